The van der Waals surface area contributed by atoms with Crippen molar-refractivity contribution in [2.75, 3.05) is 76.3 Å². The SMILES string of the molecule is CN1CCN(c2cccc3nc(CN(Cc4ccccc4)[C@H]4CCCc5cccnc54)c(CO)n23)CC1.CN1CCN(c2cccc3nc(CN(Cc4ccccc4)[C@H]4CCCc5cccnc54)c(CO)n23)CC1. The largest absolute Gasteiger partial charge is 0.390 e. The number of imidazole rings is 2. The Bertz CT molecular complexity index is 2900. The number of likely N-dealkylation sites (N-methyl/N-ethyl adjacent to an activating group) is 2. The van der Waals surface area contributed by atoms with E-state index in [0.717, 1.165) is 150 Å². The molecule has 0 amide bonds. The molecule has 2 N–H and O–H groups in total. The number of hydrogen-bond acceptors (Lipinski definition) is 12. The summed E-state index contributed by atoms with van der Waals surface area (Å²) in [7, 11) is 4.35. The maximum atomic E-state index is 10.6. The van der Waals surface area contributed by atoms with Crippen LogP contribution in [0, 0.1) is 0 Å². The van der Waals surface area contributed by atoms with Gasteiger partial charge in [-0.1, -0.05) is 84.9 Å². The first-order valence-electron chi connectivity index (χ1n) is 26.9. The lowest BCUT2D eigenvalue weighted by Crippen LogP contribution is -2.45. The van der Waals surface area contributed by atoms with Crippen LogP contribution in [0.25, 0.3) is 11.3 Å². The Balaban J connectivity index is 0.000000159. The van der Waals surface area contributed by atoms with Crippen LogP contribution in [-0.2, 0) is 52.2 Å². The Hall–Kier alpha value is -6.52. The first-order chi connectivity index (χ1) is 36.4. The van der Waals surface area contributed by atoms with E-state index in [1.54, 1.807) is 0 Å². The van der Waals surface area contributed by atoms with Crippen LogP contribution in [0.15, 0.2) is 134 Å². The normalized spacial score (nSPS) is 18.5. The van der Waals surface area contributed by atoms with E-state index in [1.807, 2.05) is 12.4 Å². The Labute approximate surface area is 436 Å². The van der Waals surface area contributed by atoms with Crippen molar-refractivity contribution < 1.29 is 10.2 Å². The van der Waals surface area contributed by atoms with Gasteiger partial charge in [0.05, 0.1) is 59.5 Å². The van der Waals surface area contributed by atoms with Gasteiger partial charge in [-0.15, -0.1) is 0 Å². The fraction of sp³-hybridized carbons (Fsp3) is 0.400. The minimum absolute atomic E-state index is 0.0417. The number of piperazine rings is 2. The number of aliphatic hydroxyl groups is 2. The summed E-state index contributed by atoms with van der Waals surface area (Å²) in [5.74, 6) is 2.24. The number of benzene rings is 2. The molecule has 0 spiro atoms. The molecule has 2 aromatic carbocycles. The third kappa shape index (κ3) is 10.7. The van der Waals surface area contributed by atoms with Gasteiger partial charge >= 0.3 is 0 Å². The van der Waals surface area contributed by atoms with Crippen LogP contribution >= 0.6 is 0 Å². The van der Waals surface area contributed by atoms with Gasteiger partial charge in [0.25, 0.3) is 0 Å². The third-order valence-electron chi connectivity index (χ3n) is 15.9. The summed E-state index contributed by atoms with van der Waals surface area (Å²) < 4.78 is 4.35. The highest BCUT2D eigenvalue weighted by Gasteiger charge is 2.32. The van der Waals surface area contributed by atoms with Crippen molar-refractivity contribution in [2.45, 2.75) is 90.0 Å². The predicted molar refractivity (Wildman–Crippen MR) is 293 cm³/mol. The smallest absolute Gasteiger partial charge is 0.138 e. The summed E-state index contributed by atoms with van der Waals surface area (Å²) in [5, 5.41) is 21.2. The number of aryl methyl sites for hydroxylation is 2. The minimum Gasteiger partial charge on any atom is -0.390 e. The first kappa shape index (κ1) is 49.7. The molecule has 0 radical (unpaired) electrons. The Morgan fingerprint density at radius 1 is 0.473 bits per heavy atom. The molecule has 8 heterocycles. The molecule has 0 saturated carbocycles. The van der Waals surface area contributed by atoms with Gasteiger partial charge in [-0.25, -0.2) is 9.97 Å². The molecule has 0 unspecified atom stereocenters. The zero-order chi connectivity index (χ0) is 50.4. The number of aliphatic hydroxyl groups excluding tert-OH is 2. The quantitative estimate of drug-likeness (QED) is 0.110. The van der Waals surface area contributed by atoms with Crippen molar-refractivity contribution in [3.63, 3.8) is 0 Å². The number of hydrogen-bond donors (Lipinski definition) is 2. The minimum atomic E-state index is -0.0417. The van der Waals surface area contributed by atoms with E-state index in [1.165, 1.54) is 33.6 Å². The van der Waals surface area contributed by atoms with Crippen molar-refractivity contribution in [1.29, 1.82) is 0 Å². The van der Waals surface area contributed by atoms with Gasteiger partial charge < -0.3 is 29.8 Å². The molecule has 6 aromatic heterocycles. The van der Waals surface area contributed by atoms with Crippen molar-refractivity contribution in [1.82, 2.24) is 48.3 Å². The molecule has 8 aromatic rings. The zero-order valence-electron chi connectivity index (χ0n) is 43.3. The Morgan fingerprint density at radius 2 is 0.892 bits per heavy atom. The van der Waals surface area contributed by atoms with Crippen molar-refractivity contribution in [2.24, 2.45) is 0 Å². The zero-order valence-corrected chi connectivity index (χ0v) is 43.3. The molecule has 2 aliphatic heterocycles. The Morgan fingerprint density at radius 3 is 1.30 bits per heavy atom. The fourth-order valence-corrected chi connectivity index (χ4v) is 12.0. The lowest BCUT2D eigenvalue weighted by Gasteiger charge is -2.35. The molecule has 14 heteroatoms. The topological polar surface area (TPSA) is 120 Å². The number of nitrogens with zero attached hydrogens (tertiary/aromatic N) is 12. The van der Waals surface area contributed by atoms with Crippen LogP contribution in [0.3, 0.4) is 0 Å². The van der Waals surface area contributed by atoms with Gasteiger partial charge in [0.1, 0.15) is 22.9 Å². The van der Waals surface area contributed by atoms with Gasteiger partial charge in [0.15, 0.2) is 0 Å². The lowest BCUT2D eigenvalue weighted by atomic mass is 9.90. The van der Waals surface area contributed by atoms with Gasteiger partial charge in [0, 0.05) is 90.9 Å². The molecule has 74 heavy (non-hydrogen) atoms. The maximum absolute atomic E-state index is 10.6. The van der Waals surface area contributed by atoms with Crippen LogP contribution in [0.2, 0.25) is 0 Å². The molecule has 4 aliphatic rings. The molecule has 384 valence electrons. The molecule has 2 saturated heterocycles. The van der Waals surface area contributed by atoms with Crippen molar-refractivity contribution in [3.05, 3.63) is 190 Å². The molecule has 12 rings (SSSR count). The number of fused-ring (bicyclic) bond motifs is 4. The van der Waals surface area contributed by atoms with Crippen LogP contribution in [0.4, 0.5) is 11.6 Å². The molecule has 2 fully saturated rings. The molecular formula is C60H72N12O2. The highest BCUT2D eigenvalue weighted by molar-refractivity contribution is 5.56. The average Bonchev–Trinajstić information content (AvgIpc) is 4.01. The van der Waals surface area contributed by atoms with Crippen LogP contribution < -0.4 is 9.80 Å². The molecule has 14 nitrogen and oxygen atoms in total. The second-order valence-electron chi connectivity index (χ2n) is 20.8. The third-order valence-corrected chi connectivity index (χ3v) is 15.9. The summed E-state index contributed by atoms with van der Waals surface area (Å²) in [6, 6.07) is 42.9. The second kappa shape index (κ2) is 22.9. The molecule has 2 atom stereocenters. The first-order valence-corrected chi connectivity index (χ1v) is 26.9. The van der Waals surface area contributed by atoms with Crippen molar-refractivity contribution >= 4 is 22.9 Å². The van der Waals surface area contributed by atoms with Gasteiger partial charge in [-0.2, -0.15) is 0 Å². The van der Waals surface area contributed by atoms with E-state index < -0.39 is 0 Å². The van der Waals surface area contributed by atoms with E-state index in [-0.39, 0.29) is 25.3 Å². The van der Waals surface area contributed by atoms with Gasteiger partial charge in [0.2, 0.25) is 0 Å². The summed E-state index contributed by atoms with van der Waals surface area (Å²) in [5.41, 5.74) is 13.1. The lowest BCUT2D eigenvalue weighted by molar-refractivity contribution is 0.153. The Kier molecular flexibility index (Phi) is 15.4. The number of anilines is 2. The second-order valence-corrected chi connectivity index (χ2v) is 20.8. The molecular weight excluding hydrogens is 921 g/mol. The van der Waals surface area contributed by atoms with Crippen LogP contribution in [0.1, 0.15) is 94.2 Å². The monoisotopic (exact) mass is 993 g/mol. The maximum Gasteiger partial charge on any atom is 0.138 e. The summed E-state index contributed by atoms with van der Waals surface area (Å²) in [6.07, 6.45) is 10.5. The summed E-state index contributed by atoms with van der Waals surface area (Å²) in [6.45, 7) is 10.9. The average molecular weight is 993 g/mol. The fourth-order valence-electron chi connectivity index (χ4n) is 12.0. The summed E-state index contributed by atoms with van der Waals surface area (Å²) in [4.78, 5) is 34.4. The van der Waals surface area contributed by atoms with Crippen molar-refractivity contribution in [3.8, 4) is 0 Å². The van der Waals surface area contributed by atoms with Gasteiger partial charge in [-0.3, -0.25) is 28.6 Å². The van der Waals surface area contributed by atoms with E-state index in [2.05, 4.69) is 174 Å². The number of rotatable bonds is 14. The van der Waals surface area contributed by atoms with Gasteiger partial charge in [-0.05, 0) is 111 Å². The van der Waals surface area contributed by atoms with E-state index in [9.17, 15) is 10.2 Å². The van der Waals surface area contributed by atoms with E-state index >= 15 is 0 Å². The molecule has 2 aliphatic carbocycles. The molecule has 0 bridgehead atoms. The van der Waals surface area contributed by atoms with Crippen LogP contribution in [0.5, 0.6) is 0 Å². The number of pyridine rings is 4. The summed E-state index contributed by atoms with van der Waals surface area (Å²) >= 11 is 0. The predicted octanol–water partition coefficient (Wildman–Crippen LogP) is 8.11. The standard InChI is InChI=1S/2C30H36N6O/c2*1-33-16-18-34(19-17-33)29-14-6-13-28-32-25(27(22-37)36(28)29)21-35(20-23-8-3-2-4-9-23)26-12-5-10-24-11-7-15-31-30(24)26/h2*2-4,6-9,11,13-15,26,37H,5,10,12,16-22H2,1H3/t2*26-/m00/s1. The van der Waals surface area contributed by atoms with Crippen LogP contribution in [-0.4, -0.2) is 125 Å². The van der Waals surface area contributed by atoms with E-state index in [0.29, 0.717) is 13.1 Å². The number of aromatic nitrogens is 6. The highest BCUT2D eigenvalue weighted by atomic mass is 16.3. The highest BCUT2D eigenvalue weighted by Crippen LogP contribution is 2.38. The van der Waals surface area contributed by atoms with E-state index in [4.69, 9.17) is 19.9 Å².